The zero-order chi connectivity index (χ0) is 14.7. The minimum atomic E-state index is -1.14. The maximum atomic E-state index is 11.1. The predicted molar refractivity (Wildman–Crippen MR) is 74.3 cm³/mol. The molecule has 0 aliphatic rings. The number of carbonyl (C=O) groups is 1. The van der Waals surface area contributed by atoms with Crippen LogP contribution in [0.4, 0.5) is 5.69 Å². The topological polar surface area (TPSA) is 89.7 Å². The Morgan fingerprint density at radius 1 is 1.20 bits per heavy atom. The summed E-state index contributed by atoms with van der Waals surface area (Å²) in [4.78, 5) is 21.3. The number of nitrogens with zero attached hydrogens (tertiary/aromatic N) is 1. The quantitative estimate of drug-likeness (QED) is 0.676. The average Bonchev–Trinajstić information content (AvgIpc) is 2.41. The van der Waals surface area contributed by atoms with Gasteiger partial charge in [-0.05, 0) is 34.1 Å². The molecule has 0 saturated carbocycles. The van der Waals surface area contributed by atoms with Gasteiger partial charge in [0.15, 0.2) is 0 Å². The summed E-state index contributed by atoms with van der Waals surface area (Å²) in [5, 5.41) is 19.8. The van der Waals surface area contributed by atoms with E-state index in [1.807, 2.05) is 0 Å². The van der Waals surface area contributed by atoms with Crippen molar-refractivity contribution in [2.75, 3.05) is 0 Å². The fourth-order valence-corrected chi connectivity index (χ4v) is 1.86. The maximum absolute atomic E-state index is 11.1. The van der Waals surface area contributed by atoms with Gasteiger partial charge in [0.1, 0.15) is 17.1 Å². The molecule has 0 aromatic heterocycles. The maximum Gasteiger partial charge on any atom is 0.339 e. The van der Waals surface area contributed by atoms with Crippen molar-refractivity contribution in [2.45, 2.75) is 0 Å². The standard InChI is InChI=1S/C13H8BrNO5/c14-10-6-5-8(15(18)19)7-12(10)20-11-4-2-1-3-9(11)13(16)17/h1-7H,(H,16,17). The fraction of sp³-hybridized carbons (Fsp3) is 0. The molecule has 7 heteroatoms. The Hall–Kier alpha value is -2.41. The van der Waals surface area contributed by atoms with Gasteiger partial charge in [0.2, 0.25) is 0 Å². The van der Waals surface area contributed by atoms with E-state index in [-0.39, 0.29) is 22.7 Å². The lowest BCUT2D eigenvalue weighted by molar-refractivity contribution is -0.384. The molecule has 2 rings (SSSR count). The van der Waals surface area contributed by atoms with E-state index in [9.17, 15) is 14.9 Å². The van der Waals surface area contributed by atoms with Crippen LogP contribution in [-0.4, -0.2) is 16.0 Å². The van der Waals surface area contributed by atoms with Crippen molar-refractivity contribution in [3.63, 3.8) is 0 Å². The number of halogens is 1. The van der Waals surface area contributed by atoms with Crippen LogP contribution in [0.3, 0.4) is 0 Å². The van der Waals surface area contributed by atoms with E-state index in [1.165, 1.54) is 30.3 Å². The van der Waals surface area contributed by atoms with Crippen LogP contribution in [0.15, 0.2) is 46.9 Å². The number of para-hydroxylation sites is 1. The number of hydrogen-bond donors (Lipinski definition) is 1. The molecule has 0 saturated heterocycles. The number of ether oxygens (including phenoxy) is 1. The van der Waals surface area contributed by atoms with Crippen LogP contribution in [0.2, 0.25) is 0 Å². The highest BCUT2D eigenvalue weighted by Crippen LogP contribution is 2.34. The van der Waals surface area contributed by atoms with Gasteiger partial charge in [0.25, 0.3) is 5.69 Å². The third kappa shape index (κ3) is 2.94. The first kappa shape index (κ1) is 14.0. The number of non-ortho nitro benzene ring substituents is 1. The van der Waals surface area contributed by atoms with Crippen molar-refractivity contribution in [1.29, 1.82) is 0 Å². The Labute approximate surface area is 121 Å². The molecule has 0 aliphatic carbocycles. The lowest BCUT2D eigenvalue weighted by Crippen LogP contribution is -2.00. The van der Waals surface area contributed by atoms with Gasteiger partial charge in [-0.3, -0.25) is 10.1 Å². The average molecular weight is 338 g/mol. The Balaban J connectivity index is 2.42. The van der Waals surface area contributed by atoms with E-state index in [0.29, 0.717) is 4.47 Å². The van der Waals surface area contributed by atoms with E-state index in [1.54, 1.807) is 12.1 Å². The molecule has 0 radical (unpaired) electrons. The highest BCUT2D eigenvalue weighted by molar-refractivity contribution is 9.10. The summed E-state index contributed by atoms with van der Waals surface area (Å²) in [5.74, 6) is -0.851. The summed E-state index contributed by atoms with van der Waals surface area (Å²) in [6.07, 6.45) is 0. The molecule has 0 amide bonds. The van der Waals surface area contributed by atoms with Gasteiger partial charge < -0.3 is 9.84 Å². The minimum Gasteiger partial charge on any atom is -0.478 e. The summed E-state index contributed by atoms with van der Waals surface area (Å²) < 4.78 is 5.95. The molecule has 1 N–H and O–H groups in total. The second kappa shape index (κ2) is 5.70. The Bertz CT molecular complexity index is 686. The van der Waals surface area contributed by atoms with E-state index in [0.717, 1.165) is 0 Å². The summed E-state index contributed by atoms with van der Waals surface area (Å²) in [6.45, 7) is 0. The Kier molecular flexibility index (Phi) is 3.99. The van der Waals surface area contributed by atoms with E-state index in [2.05, 4.69) is 15.9 Å². The minimum absolute atomic E-state index is 0.0223. The first-order chi connectivity index (χ1) is 9.49. The fourth-order valence-electron chi connectivity index (χ4n) is 1.53. The van der Waals surface area contributed by atoms with Crippen LogP contribution < -0.4 is 4.74 Å². The first-order valence-electron chi connectivity index (χ1n) is 5.43. The number of rotatable bonds is 4. The molecule has 20 heavy (non-hydrogen) atoms. The second-order valence-electron chi connectivity index (χ2n) is 3.78. The normalized spacial score (nSPS) is 10.1. The summed E-state index contributed by atoms with van der Waals surface area (Å²) in [5.41, 5.74) is -0.165. The van der Waals surface area contributed by atoms with Crippen molar-refractivity contribution in [1.82, 2.24) is 0 Å². The highest BCUT2D eigenvalue weighted by Gasteiger charge is 2.15. The lowest BCUT2D eigenvalue weighted by atomic mass is 10.2. The third-order valence-corrected chi connectivity index (χ3v) is 3.12. The van der Waals surface area contributed by atoms with Crippen molar-refractivity contribution in [3.8, 4) is 11.5 Å². The molecule has 0 heterocycles. The zero-order valence-corrected chi connectivity index (χ0v) is 11.5. The summed E-state index contributed by atoms with van der Waals surface area (Å²) in [6, 6.07) is 10.1. The summed E-state index contributed by atoms with van der Waals surface area (Å²) in [7, 11) is 0. The molecule has 6 nitrogen and oxygen atoms in total. The largest absolute Gasteiger partial charge is 0.478 e. The van der Waals surface area contributed by atoms with Gasteiger partial charge in [-0.2, -0.15) is 0 Å². The molecule has 0 atom stereocenters. The second-order valence-corrected chi connectivity index (χ2v) is 4.63. The van der Waals surface area contributed by atoms with Crippen LogP contribution in [0.1, 0.15) is 10.4 Å². The van der Waals surface area contributed by atoms with E-state index < -0.39 is 10.9 Å². The molecule has 0 fully saturated rings. The lowest BCUT2D eigenvalue weighted by Gasteiger charge is -2.09. The summed E-state index contributed by atoms with van der Waals surface area (Å²) >= 11 is 3.20. The van der Waals surface area contributed by atoms with Crippen LogP contribution in [0, 0.1) is 10.1 Å². The Morgan fingerprint density at radius 2 is 1.90 bits per heavy atom. The monoisotopic (exact) mass is 337 g/mol. The third-order valence-electron chi connectivity index (χ3n) is 2.46. The number of aromatic carboxylic acids is 1. The molecule has 2 aromatic rings. The van der Waals surface area contributed by atoms with Crippen molar-refractivity contribution >= 4 is 27.6 Å². The molecular weight excluding hydrogens is 330 g/mol. The zero-order valence-electron chi connectivity index (χ0n) is 9.95. The van der Waals surface area contributed by atoms with Crippen LogP contribution in [0.5, 0.6) is 11.5 Å². The van der Waals surface area contributed by atoms with Crippen molar-refractivity contribution < 1.29 is 19.6 Å². The van der Waals surface area contributed by atoms with Crippen molar-refractivity contribution in [2.24, 2.45) is 0 Å². The van der Waals surface area contributed by atoms with Crippen LogP contribution >= 0.6 is 15.9 Å². The first-order valence-corrected chi connectivity index (χ1v) is 6.22. The molecule has 2 aromatic carbocycles. The van der Waals surface area contributed by atoms with Gasteiger partial charge in [-0.1, -0.05) is 12.1 Å². The van der Waals surface area contributed by atoms with Gasteiger partial charge >= 0.3 is 5.97 Å². The number of nitro groups is 1. The molecule has 0 spiro atoms. The number of carboxylic acids is 1. The Morgan fingerprint density at radius 3 is 2.55 bits per heavy atom. The van der Waals surface area contributed by atoms with E-state index in [4.69, 9.17) is 9.84 Å². The van der Waals surface area contributed by atoms with Crippen molar-refractivity contribution in [3.05, 3.63) is 62.6 Å². The molecule has 0 unspecified atom stereocenters. The molecule has 102 valence electrons. The molecule has 0 aliphatic heterocycles. The molecule has 0 bridgehead atoms. The van der Waals surface area contributed by atoms with Crippen LogP contribution in [-0.2, 0) is 0 Å². The number of benzene rings is 2. The van der Waals surface area contributed by atoms with E-state index >= 15 is 0 Å². The van der Waals surface area contributed by atoms with Gasteiger partial charge in [-0.15, -0.1) is 0 Å². The highest BCUT2D eigenvalue weighted by atomic mass is 79.9. The number of carboxylic acid groups (broad SMARTS) is 1. The van der Waals surface area contributed by atoms with Gasteiger partial charge in [0, 0.05) is 6.07 Å². The van der Waals surface area contributed by atoms with Gasteiger partial charge in [0.05, 0.1) is 15.5 Å². The number of hydrogen-bond acceptors (Lipinski definition) is 4. The predicted octanol–water partition coefficient (Wildman–Crippen LogP) is 3.85. The van der Waals surface area contributed by atoms with Crippen LogP contribution in [0.25, 0.3) is 0 Å². The smallest absolute Gasteiger partial charge is 0.339 e. The molecular formula is C13H8BrNO5. The van der Waals surface area contributed by atoms with Gasteiger partial charge in [-0.25, -0.2) is 4.79 Å². The number of nitro benzene ring substituents is 1. The SMILES string of the molecule is O=C(O)c1ccccc1Oc1cc([N+](=O)[O-])ccc1Br.